The van der Waals surface area contributed by atoms with Gasteiger partial charge >= 0.3 is 0 Å². The van der Waals surface area contributed by atoms with Crippen LogP contribution in [0.2, 0.25) is 0 Å². The smallest absolute Gasteiger partial charge is 0.243 e. The van der Waals surface area contributed by atoms with E-state index in [1.165, 1.54) is 23.9 Å². The molecule has 0 atom stereocenters. The summed E-state index contributed by atoms with van der Waals surface area (Å²) in [4.78, 5) is 24.0. The van der Waals surface area contributed by atoms with Gasteiger partial charge in [0.05, 0.1) is 17.2 Å². The van der Waals surface area contributed by atoms with Crippen molar-refractivity contribution in [3.05, 3.63) is 28.5 Å². The second-order valence-electron chi connectivity index (χ2n) is 3.21. The number of halogens is 2. The molecule has 0 aromatic heterocycles. The molecule has 2 rings (SSSR count). The van der Waals surface area contributed by atoms with Crippen LogP contribution in [0, 0.1) is 5.82 Å². The van der Waals surface area contributed by atoms with Gasteiger partial charge in [0.2, 0.25) is 11.8 Å². The van der Waals surface area contributed by atoms with Crippen LogP contribution < -0.4 is 4.90 Å². The van der Waals surface area contributed by atoms with E-state index in [9.17, 15) is 14.0 Å². The highest BCUT2D eigenvalue weighted by molar-refractivity contribution is 9.10. The molecule has 1 aromatic rings. The molecule has 0 spiro atoms. The molecule has 0 radical (unpaired) electrons. The van der Waals surface area contributed by atoms with Crippen molar-refractivity contribution in [3.8, 4) is 0 Å². The molecule has 0 N–H and O–H groups in total. The Bertz CT molecular complexity index is 450. The van der Waals surface area contributed by atoms with Gasteiger partial charge in [-0.25, -0.2) is 9.29 Å². The second-order valence-corrected chi connectivity index (χ2v) is 5.11. The molecule has 0 bridgehead atoms. The molecular formula is C10H7BrFNO2S. The van der Waals surface area contributed by atoms with E-state index in [0.29, 0.717) is 4.47 Å². The van der Waals surface area contributed by atoms with Crippen molar-refractivity contribution in [3.63, 3.8) is 0 Å². The number of thioether (sulfide) groups is 1. The summed E-state index contributed by atoms with van der Waals surface area (Å²) in [6, 6.07) is 4.25. The van der Waals surface area contributed by atoms with Crippen molar-refractivity contribution in [2.75, 3.05) is 16.4 Å². The lowest BCUT2D eigenvalue weighted by Crippen LogP contribution is -2.43. The lowest BCUT2D eigenvalue weighted by molar-refractivity contribution is -0.124. The van der Waals surface area contributed by atoms with E-state index in [1.54, 1.807) is 6.07 Å². The summed E-state index contributed by atoms with van der Waals surface area (Å²) in [5, 5.41) is 0. The van der Waals surface area contributed by atoms with Crippen LogP contribution in [0.3, 0.4) is 0 Å². The van der Waals surface area contributed by atoms with E-state index < -0.39 is 5.82 Å². The van der Waals surface area contributed by atoms with Gasteiger partial charge in [0.25, 0.3) is 0 Å². The van der Waals surface area contributed by atoms with Crippen molar-refractivity contribution < 1.29 is 14.0 Å². The molecule has 1 aliphatic heterocycles. The van der Waals surface area contributed by atoms with Gasteiger partial charge in [0, 0.05) is 4.47 Å². The summed E-state index contributed by atoms with van der Waals surface area (Å²) in [6.45, 7) is 0. The van der Waals surface area contributed by atoms with E-state index in [2.05, 4.69) is 15.9 Å². The summed E-state index contributed by atoms with van der Waals surface area (Å²) in [7, 11) is 0. The third-order valence-electron chi connectivity index (χ3n) is 2.10. The number of carbonyl (C=O) groups is 2. The molecule has 1 saturated heterocycles. The Hall–Kier alpha value is -0.880. The molecule has 0 aliphatic carbocycles. The number of nitrogens with zero attached hydrogens (tertiary/aromatic N) is 1. The molecule has 16 heavy (non-hydrogen) atoms. The van der Waals surface area contributed by atoms with E-state index in [0.717, 1.165) is 4.90 Å². The lowest BCUT2D eigenvalue weighted by Gasteiger charge is -2.24. The van der Waals surface area contributed by atoms with Crippen molar-refractivity contribution >= 4 is 45.2 Å². The summed E-state index contributed by atoms with van der Waals surface area (Å²) < 4.78 is 14.2. The molecule has 1 aromatic carbocycles. The Balaban J connectivity index is 2.42. The van der Waals surface area contributed by atoms with E-state index >= 15 is 0 Å². The fourth-order valence-electron chi connectivity index (χ4n) is 1.43. The third-order valence-corrected chi connectivity index (χ3v) is 3.50. The molecule has 84 valence electrons. The predicted octanol–water partition coefficient (Wildman–Crippen LogP) is 2.19. The number of amides is 2. The molecule has 1 aliphatic rings. The third kappa shape index (κ3) is 2.12. The summed E-state index contributed by atoms with van der Waals surface area (Å²) in [6.07, 6.45) is 0. The first-order chi connectivity index (χ1) is 7.59. The van der Waals surface area contributed by atoms with E-state index in [4.69, 9.17) is 0 Å². The standard InChI is InChI=1S/C10H7BrFNO2S/c11-6-1-2-8(7(12)3-6)13-9(14)4-16-5-10(13)15/h1-3H,4-5H2. The van der Waals surface area contributed by atoms with Crippen molar-refractivity contribution in [2.45, 2.75) is 0 Å². The number of benzene rings is 1. The maximum atomic E-state index is 13.6. The van der Waals surface area contributed by atoms with Crippen LogP contribution in [0.5, 0.6) is 0 Å². The number of hydrogen-bond acceptors (Lipinski definition) is 3. The minimum Gasteiger partial charge on any atom is -0.273 e. The molecular weight excluding hydrogens is 297 g/mol. The molecule has 2 amide bonds. The van der Waals surface area contributed by atoms with Crippen LogP contribution in [0.15, 0.2) is 22.7 Å². The van der Waals surface area contributed by atoms with Crippen LogP contribution in [0.25, 0.3) is 0 Å². The van der Waals surface area contributed by atoms with Crippen molar-refractivity contribution in [2.24, 2.45) is 0 Å². The van der Waals surface area contributed by atoms with Gasteiger partial charge in [-0.15, -0.1) is 11.8 Å². The first-order valence-corrected chi connectivity index (χ1v) is 6.43. The SMILES string of the molecule is O=C1CSCC(=O)N1c1ccc(Br)cc1F. The highest BCUT2D eigenvalue weighted by Gasteiger charge is 2.29. The second kappa shape index (κ2) is 4.55. The summed E-state index contributed by atoms with van der Waals surface area (Å²) >= 11 is 4.36. The number of hydrogen-bond donors (Lipinski definition) is 0. The minimum atomic E-state index is -0.581. The normalized spacial score (nSPS) is 16.8. The largest absolute Gasteiger partial charge is 0.273 e. The van der Waals surface area contributed by atoms with E-state index in [-0.39, 0.29) is 29.0 Å². The zero-order valence-electron chi connectivity index (χ0n) is 8.07. The summed E-state index contributed by atoms with van der Waals surface area (Å²) in [5.41, 5.74) is 0.0264. The van der Waals surface area contributed by atoms with Gasteiger partial charge in [-0.2, -0.15) is 0 Å². The molecule has 1 heterocycles. The monoisotopic (exact) mass is 303 g/mol. The Morgan fingerprint density at radius 2 is 1.88 bits per heavy atom. The van der Waals surface area contributed by atoms with Gasteiger partial charge in [0.15, 0.2) is 0 Å². The maximum absolute atomic E-state index is 13.6. The van der Waals surface area contributed by atoms with Crippen LogP contribution in [-0.4, -0.2) is 23.3 Å². The minimum absolute atomic E-state index is 0.0264. The molecule has 1 fully saturated rings. The zero-order chi connectivity index (χ0) is 11.7. The molecule has 0 unspecified atom stereocenters. The predicted molar refractivity (Wildman–Crippen MR) is 63.9 cm³/mol. The van der Waals surface area contributed by atoms with Gasteiger partial charge in [0.1, 0.15) is 5.82 Å². The number of rotatable bonds is 1. The van der Waals surface area contributed by atoms with Crippen molar-refractivity contribution in [1.82, 2.24) is 0 Å². The topological polar surface area (TPSA) is 37.4 Å². The average molecular weight is 304 g/mol. The fraction of sp³-hybridized carbons (Fsp3) is 0.200. The first kappa shape index (κ1) is 11.6. The fourth-order valence-corrected chi connectivity index (χ4v) is 2.47. The molecule has 6 heteroatoms. The van der Waals surface area contributed by atoms with Crippen LogP contribution >= 0.6 is 27.7 Å². The zero-order valence-corrected chi connectivity index (χ0v) is 10.5. The maximum Gasteiger partial charge on any atom is 0.243 e. The number of anilines is 1. The van der Waals surface area contributed by atoms with Gasteiger partial charge < -0.3 is 0 Å². The number of imide groups is 1. The Labute approximate surface area is 104 Å². The Kier molecular flexibility index (Phi) is 3.30. The van der Waals surface area contributed by atoms with Gasteiger partial charge in [-0.05, 0) is 18.2 Å². The van der Waals surface area contributed by atoms with Crippen LogP contribution in [0.1, 0.15) is 0 Å². The summed E-state index contributed by atoms with van der Waals surface area (Å²) in [5.74, 6) is -0.907. The molecule has 3 nitrogen and oxygen atoms in total. The Morgan fingerprint density at radius 3 is 2.44 bits per heavy atom. The Morgan fingerprint density at radius 1 is 1.25 bits per heavy atom. The first-order valence-electron chi connectivity index (χ1n) is 4.48. The molecule has 0 saturated carbocycles. The van der Waals surface area contributed by atoms with Crippen LogP contribution in [0.4, 0.5) is 10.1 Å². The van der Waals surface area contributed by atoms with Gasteiger partial charge in [-0.1, -0.05) is 15.9 Å². The van der Waals surface area contributed by atoms with Crippen molar-refractivity contribution in [1.29, 1.82) is 0 Å². The van der Waals surface area contributed by atoms with Gasteiger partial charge in [-0.3, -0.25) is 9.59 Å². The average Bonchev–Trinajstić information content (AvgIpc) is 2.20. The highest BCUT2D eigenvalue weighted by Crippen LogP contribution is 2.26. The lowest BCUT2D eigenvalue weighted by atomic mass is 10.2. The number of carbonyl (C=O) groups excluding carboxylic acids is 2. The van der Waals surface area contributed by atoms with Crippen LogP contribution in [-0.2, 0) is 9.59 Å². The highest BCUT2D eigenvalue weighted by atomic mass is 79.9. The van der Waals surface area contributed by atoms with E-state index in [1.807, 2.05) is 0 Å². The quantitative estimate of drug-likeness (QED) is 0.746.